The van der Waals surface area contributed by atoms with E-state index < -0.39 is 5.97 Å². The SMILES string of the molecule is COc1cccc(-n2nc(C(=O)O)nc2C)c1. The van der Waals surface area contributed by atoms with Crippen LogP contribution in [0.15, 0.2) is 24.3 Å². The molecule has 17 heavy (non-hydrogen) atoms. The summed E-state index contributed by atoms with van der Waals surface area (Å²) in [6.45, 7) is 1.69. The zero-order chi connectivity index (χ0) is 12.4. The summed E-state index contributed by atoms with van der Waals surface area (Å²) in [6.07, 6.45) is 0. The van der Waals surface area contributed by atoms with Crippen LogP contribution >= 0.6 is 0 Å². The highest BCUT2D eigenvalue weighted by molar-refractivity contribution is 5.83. The van der Waals surface area contributed by atoms with Crippen LogP contribution in [0, 0.1) is 6.92 Å². The fraction of sp³-hybridized carbons (Fsp3) is 0.182. The first-order chi connectivity index (χ1) is 8.11. The number of rotatable bonds is 3. The molecular formula is C11H11N3O3. The Hall–Kier alpha value is -2.37. The van der Waals surface area contributed by atoms with Crippen molar-refractivity contribution in [2.75, 3.05) is 7.11 Å². The summed E-state index contributed by atoms with van der Waals surface area (Å²) < 4.78 is 6.56. The maximum absolute atomic E-state index is 10.8. The number of methoxy groups -OCH3 is 1. The molecule has 1 aromatic heterocycles. The molecule has 0 amide bonds. The Morgan fingerprint density at radius 2 is 2.24 bits per heavy atom. The molecule has 0 saturated heterocycles. The first kappa shape index (κ1) is 11.1. The molecule has 6 heteroatoms. The highest BCUT2D eigenvalue weighted by Gasteiger charge is 2.13. The molecule has 0 unspecified atom stereocenters. The Bertz CT molecular complexity index is 563. The number of hydrogen-bond donors (Lipinski definition) is 1. The van der Waals surface area contributed by atoms with E-state index in [2.05, 4.69) is 10.1 Å². The number of ether oxygens (including phenoxy) is 1. The molecule has 1 aromatic carbocycles. The number of benzene rings is 1. The van der Waals surface area contributed by atoms with E-state index in [1.165, 1.54) is 4.68 Å². The number of aryl methyl sites for hydroxylation is 1. The minimum absolute atomic E-state index is 0.217. The normalized spacial score (nSPS) is 10.2. The minimum atomic E-state index is -1.14. The summed E-state index contributed by atoms with van der Waals surface area (Å²) in [6, 6.07) is 7.16. The van der Waals surface area contributed by atoms with Crippen molar-refractivity contribution in [2.24, 2.45) is 0 Å². The third kappa shape index (κ3) is 2.10. The highest BCUT2D eigenvalue weighted by Crippen LogP contribution is 2.16. The van der Waals surface area contributed by atoms with Crippen molar-refractivity contribution >= 4 is 5.97 Å². The van der Waals surface area contributed by atoms with Crippen LogP contribution in [-0.2, 0) is 0 Å². The Morgan fingerprint density at radius 3 is 2.82 bits per heavy atom. The van der Waals surface area contributed by atoms with Crippen LogP contribution in [0.5, 0.6) is 5.75 Å². The van der Waals surface area contributed by atoms with Crippen molar-refractivity contribution < 1.29 is 14.6 Å². The lowest BCUT2D eigenvalue weighted by Gasteiger charge is -2.04. The summed E-state index contributed by atoms with van der Waals surface area (Å²) >= 11 is 0. The van der Waals surface area contributed by atoms with Crippen LogP contribution in [0.2, 0.25) is 0 Å². The van der Waals surface area contributed by atoms with Gasteiger partial charge in [0.05, 0.1) is 12.8 Å². The van der Waals surface area contributed by atoms with E-state index in [9.17, 15) is 4.79 Å². The zero-order valence-corrected chi connectivity index (χ0v) is 9.41. The molecule has 2 aromatic rings. The van der Waals surface area contributed by atoms with Crippen LogP contribution in [0.3, 0.4) is 0 Å². The molecule has 2 rings (SSSR count). The van der Waals surface area contributed by atoms with Crippen LogP contribution < -0.4 is 4.74 Å². The van der Waals surface area contributed by atoms with E-state index in [-0.39, 0.29) is 5.82 Å². The lowest BCUT2D eigenvalue weighted by atomic mass is 10.3. The third-order valence-corrected chi connectivity index (χ3v) is 2.26. The van der Waals surface area contributed by atoms with Crippen molar-refractivity contribution in [3.05, 3.63) is 35.9 Å². The van der Waals surface area contributed by atoms with Crippen LogP contribution in [0.1, 0.15) is 16.4 Å². The quantitative estimate of drug-likeness (QED) is 0.864. The Balaban J connectivity index is 2.48. The summed E-state index contributed by atoms with van der Waals surface area (Å²) in [5.74, 6) is -0.176. The lowest BCUT2D eigenvalue weighted by Crippen LogP contribution is -2.02. The van der Waals surface area contributed by atoms with Gasteiger partial charge in [0.2, 0.25) is 0 Å². The fourth-order valence-electron chi connectivity index (χ4n) is 1.47. The average Bonchev–Trinajstić information content (AvgIpc) is 2.72. The molecule has 0 aliphatic heterocycles. The molecule has 6 nitrogen and oxygen atoms in total. The number of aromatic carboxylic acids is 1. The minimum Gasteiger partial charge on any atom is -0.497 e. The van der Waals surface area contributed by atoms with Gasteiger partial charge in [-0.05, 0) is 19.1 Å². The Morgan fingerprint density at radius 1 is 1.47 bits per heavy atom. The van der Waals surface area contributed by atoms with E-state index in [0.717, 1.165) is 0 Å². The first-order valence-electron chi connectivity index (χ1n) is 4.93. The summed E-state index contributed by atoms with van der Waals surface area (Å²) in [5, 5.41) is 12.7. The molecular weight excluding hydrogens is 222 g/mol. The fourth-order valence-corrected chi connectivity index (χ4v) is 1.47. The standard InChI is InChI=1S/C11H11N3O3/c1-7-12-10(11(15)16)13-14(7)8-4-3-5-9(6-8)17-2/h3-6H,1-2H3,(H,15,16). The highest BCUT2D eigenvalue weighted by atomic mass is 16.5. The second-order valence-electron chi connectivity index (χ2n) is 3.40. The van der Waals surface area contributed by atoms with Gasteiger partial charge in [0.15, 0.2) is 0 Å². The number of carboxylic acid groups (broad SMARTS) is 1. The van der Waals surface area contributed by atoms with E-state index in [0.29, 0.717) is 17.3 Å². The number of carboxylic acids is 1. The van der Waals surface area contributed by atoms with Crippen LogP contribution in [0.4, 0.5) is 0 Å². The van der Waals surface area contributed by atoms with Crippen molar-refractivity contribution in [2.45, 2.75) is 6.92 Å². The predicted octanol–water partition coefficient (Wildman–Crippen LogP) is 1.28. The van der Waals surface area contributed by atoms with Gasteiger partial charge in [0.1, 0.15) is 11.6 Å². The second-order valence-corrected chi connectivity index (χ2v) is 3.40. The van der Waals surface area contributed by atoms with Gasteiger partial charge in [-0.15, -0.1) is 5.10 Å². The van der Waals surface area contributed by atoms with Gasteiger partial charge in [-0.25, -0.2) is 14.5 Å². The zero-order valence-electron chi connectivity index (χ0n) is 9.41. The van der Waals surface area contributed by atoms with Gasteiger partial charge in [0, 0.05) is 6.07 Å². The van der Waals surface area contributed by atoms with Gasteiger partial charge in [-0.2, -0.15) is 0 Å². The van der Waals surface area contributed by atoms with Crippen molar-refractivity contribution in [1.29, 1.82) is 0 Å². The van der Waals surface area contributed by atoms with Gasteiger partial charge in [-0.1, -0.05) is 6.07 Å². The Labute approximate surface area is 97.5 Å². The molecule has 0 spiro atoms. The first-order valence-corrected chi connectivity index (χ1v) is 4.93. The van der Waals surface area contributed by atoms with E-state index in [4.69, 9.17) is 9.84 Å². The topological polar surface area (TPSA) is 77.2 Å². The van der Waals surface area contributed by atoms with Gasteiger partial charge >= 0.3 is 5.97 Å². The molecule has 0 aliphatic rings. The molecule has 1 N–H and O–H groups in total. The van der Waals surface area contributed by atoms with E-state index in [1.807, 2.05) is 0 Å². The predicted molar refractivity (Wildman–Crippen MR) is 59.6 cm³/mol. The van der Waals surface area contributed by atoms with Crippen molar-refractivity contribution in [3.63, 3.8) is 0 Å². The largest absolute Gasteiger partial charge is 0.497 e. The lowest BCUT2D eigenvalue weighted by molar-refractivity contribution is 0.0683. The van der Waals surface area contributed by atoms with E-state index >= 15 is 0 Å². The number of aromatic nitrogens is 3. The monoisotopic (exact) mass is 233 g/mol. The smallest absolute Gasteiger partial charge is 0.375 e. The summed E-state index contributed by atoms with van der Waals surface area (Å²) in [5.41, 5.74) is 0.710. The maximum Gasteiger partial charge on any atom is 0.375 e. The van der Waals surface area contributed by atoms with Crippen LogP contribution in [0.25, 0.3) is 5.69 Å². The number of hydrogen-bond acceptors (Lipinski definition) is 4. The molecule has 0 saturated carbocycles. The van der Waals surface area contributed by atoms with Gasteiger partial charge < -0.3 is 9.84 Å². The summed E-state index contributed by atoms with van der Waals surface area (Å²) in [4.78, 5) is 14.6. The van der Waals surface area contributed by atoms with Crippen molar-refractivity contribution in [1.82, 2.24) is 14.8 Å². The summed E-state index contributed by atoms with van der Waals surface area (Å²) in [7, 11) is 1.57. The maximum atomic E-state index is 10.8. The molecule has 0 bridgehead atoms. The van der Waals surface area contributed by atoms with Gasteiger partial charge in [0.25, 0.3) is 5.82 Å². The molecule has 0 aliphatic carbocycles. The molecule has 0 radical (unpaired) electrons. The van der Waals surface area contributed by atoms with Crippen molar-refractivity contribution in [3.8, 4) is 11.4 Å². The molecule has 88 valence electrons. The molecule has 1 heterocycles. The second kappa shape index (κ2) is 4.25. The third-order valence-electron chi connectivity index (χ3n) is 2.26. The van der Waals surface area contributed by atoms with Crippen LogP contribution in [-0.4, -0.2) is 33.0 Å². The average molecular weight is 233 g/mol. The number of carbonyl (C=O) groups is 1. The molecule has 0 atom stereocenters. The van der Waals surface area contributed by atoms with E-state index in [1.54, 1.807) is 38.3 Å². The molecule has 0 fully saturated rings. The van der Waals surface area contributed by atoms with Gasteiger partial charge in [-0.3, -0.25) is 0 Å². The number of nitrogens with zero attached hydrogens (tertiary/aromatic N) is 3. The Kier molecular flexibility index (Phi) is 2.78.